The van der Waals surface area contributed by atoms with E-state index >= 15 is 0 Å². The maximum atomic E-state index is 13.8. The molecule has 2 saturated carbocycles. The number of benzene rings is 1. The van der Waals surface area contributed by atoms with Gasteiger partial charge in [-0.2, -0.15) is 0 Å². The SMILES string of the molecule is CC12CCC3C4(C)COC(c5cccc(F)c5)OC4CCC3(C)C1CC(C1=CCOC1=O)O2. The molecule has 2 saturated heterocycles. The highest BCUT2D eigenvalue weighted by atomic mass is 19.1. The zero-order valence-electron chi connectivity index (χ0n) is 19.6. The summed E-state index contributed by atoms with van der Waals surface area (Å²) in [4.78, 5) is 12.2. The van der Waals surface area contributed by atoms with Crippen LogP contribution in [0.3, 0.4) is 0 Å². The molecule has 1 aromatic carbocycles. The number of halogens is 1. The van der Waals surface area contributed by atoms with E-state index in [9.17, 15) is 9.18 Å². The monoisotopic (exact) mass is 456 g/mol. The molecule has 1 aromatic rings. The Morgan fingerprint density at radius 2 is 1.91 bits per heavy atom. The lowest BCUT2D eigenvalue weighted by atomic mass is 9.44. The first kappa shape index (κ1) is 21.8. The molecule has 6 rings (SSSR count). The molecule has 0 N–H and O–H groups in total. The van der Waals surface area contributed by atoms with Gasteiger partial charge in [-0.15, -0.1) is 0 Å². The van der Waals surface area contributed by atoms with Gasteiger partial charge < -0.3 is 18.9 Å². The zero-order chi connectivity index (χ0) is 23.0. The fourth-order valence-corrected chi connectivity index (χ4v) is 8.07. The minimum Gasteiger partial charge on any atom is -0.458 e. The van der Waals surface area contributed by atoms with Crippen molar-refractivity contribution in [1.82, 2.24) is 0 Å². The first-order chi connectivity index (χ1) is 15.7. The Balaban J connectivity index is 1.26. The number of rotatable bonds is 2. The van der Waals surface area contributed by atoms with Crippen LogP contribution in [0.25, 0.3) is 0 Å². The van der Waals surface area contributed by atoms with E-state index < -0.39 is 6.29 Å². The van der Waals surface area contributed by atoms with E-state index in [0.29, 0.717) is 30.6 Å². The van der Waals surface area contributed by atoms with Crippen molar-refractivity contribution >= 4 is 5.97 Å². The Hall–Kier alpha value is -1.76. The summed E-state index contributed by atoms with van der Waals surface area (Å²) in [5, 5.41) is 0. The van der Waals surface area contributed by atoms with Crippen molar-refractivity contribution < 1.29 is 28.1 Å². The van der Waals surface area contributed by atoms with Gasteiger partial charge in [-0.25, -0.2) is 9.18 Å². The Labute approximate surface area is 194 Å². The summed E-state index contributed by atoms with van der Waals surface area (Å²) in [6, 6.07) is 6.52. The fourth-order valence-electron chi connectivity index (χ4n) is 8.07. The predicted molar refractivity (Wildman–Crippen MR) is 119 cm³/mol. The van der Waals surface area contributed by atoms with Crippen molar-refractivity contribution in [1.29, 1.82) is 0 Å². The minimum absolute atomic E-state index is 0.0765. The Morgan fingerprint density at radius 3 is 2.67 bits per heavy atom. The van der Waals surface area contributed by atoms with Crippen LogP contribution in [0.1, 0.15) is 64.7 Å². The predicted octanol–water partition coefficient (Wildman–Crippen LogP) is 5.10. The lowest BCUT2D eigenvalue weighted by Gasteiger charge is -2.64. The summed E-state index contributed by atoms with van der Waals surface area (Å²) in [5.74, 6) is 0.300. The van der Waals surface area contributed by atoms with Crippen molar-refractivity contribution in [3.8, 4) is 0 Å². The summed E-state index contributed by atoms with van der Waals surface area (Å²) in [6.45, 7) is 7.93. The molecule has 8 unspecified atom stereocenters. The van der Waals surface area contributed by atoms with Gasteiger partial charge in [0.2, 0.25) is 0 Å². The van der Waals surface area contributed by atoms with E-state index in [-0.39, 0.29) is 40.4 Å². The van der Waals surface area contributed by atoms with Crippen molar-refractivity contribution in [3.63, 3.8) is 0 Å². The Kier molecular flexibility index (Phi) is 4.86. The van der Waals surface area contributed by atoms with Gasteiger partial charge in [0.05, 0.1) is 30.0 Å². The zero-order valence-corrected chi connectivity index (χ0v) is 19.6. The number of hydrogen-bond donors (Lipinski definition) is 0. The average molecular weight is 457 g/mol. The normalized spacial score (nSPS) is 46.7. The van der Waals surface area contributed by atoms with E-state index in [2.05, 4.69) is 20.8 Å². The Bertz CT molecular complexity index is 1010. The van der Waals surface area contributed by atoms with Crippen LogP contribution in [0, 0.1) is 28.5 Å². The molecule has 0 amide bonds. The molecule has 4 fully saturated rings. The minimum atomic E-state index is -0.517. The van der Waals surface area contributed by atoms with Gasteiger partial charge in [0.25, 0.3) is 0 Å². The lowest BCUT2D eigenvalue weighted by molar-refractivity contribution is -0.314. The number of carbonyl (C=O) groups excluding carboxylic acids is 1. The number of esters is 1. The van der Waals surface area contributed by atoms with E-state index in [4.69, 9.17) is 18.9 Å². The molecule has 0 bridgehead atoms. The highest BCUT2D eigenvalue weighted by Gasteiger charge is 2.66. The van der Waals surface area contributed by atoms with Crippen LogP contribution in [0.2, 0.25) is 0 Å². The highest BCUT2D eigenvalue weighted by Crippen LogP contribution is 2.67. The van der Waals surface area contributed by atoms with E-state index in [1.165, 1.54) is 12.1 Å². The summed E-state index contributed by atoms with van der Waals surface area (Å²) in [6.07, 6.45) is 6.14. The number of hydrogen-bond acceptors (Lipinski definition) is 5. The molecule has 6 heteroatoms. The number of cyclic esters (lactones) is 1. The van der Waals surface area contributed by atoms with Crippen LogP contribution in [-0.4, -0.2) is 37.0 Å². The van der Waals surface area contributed by atoms with Crippen LogP contribution in [-0.2, 0) is 23.7 Å². The summed E-state index contributed by atoms with van der Waals surface area (Å²) in [7, 11) is 0. The van der Waals surface area contributed by atoms with Gasteiger partial charge >= 0.3 is 5.97 Å². The molecular weight excluding hydrogens is 423 g/mol. The first-order valence-electron chi connectivity index (χ1n) is 12.3. The maximum absolute atomic E-state index is 13.8. The number of ether oxygens (including phenoxy) is 4. The molecule has 2 aliphatic carbocycles. The standard InChI is InChI=1S/C27H33FO5/c1-25-10-8-22-26(2,15-31-24(32-22)16-5-4-6-17(28)13-16)20(25)7-11-27(3)21(25)14-19(33-27)18-9-12-30-23(18)29/h4-6,9,13,19-22,24H,7-8,10-12,14-15H2,1-3H3. The molecular formula is C27H33FO5. The molecule has 33 heavy (non-hydrogen) atoms. The number of fused-ring (bicyclic) bond motifs is 5. The third-order valence-electron chi connectivity index (χ3n) is 9.65. The molecule has 5 aliphatic rings. The van der Waals surface area contributed by atoms with Crippen LogP contribution in [0.5, 0.6) is 0 Å². The summed E-state index contributed by atoms with van der Waals surface area (Å²) < 4.78 is 38.3. The van der Waals surface area contributed by atoms with Crippen molar-refractivity contribution in [3.05, 3.63) is 47.3 Å². The molecule has 0 radical (unpaired) electrons. The second kappa shape index (κ2) is 7.37. The van der Waals surface area contributed by atoms with Crippen LogP contribution in [0.15, 0.2) is 35.9 Å². The number of carbonyl (C=O) groups is 1. The molecule has 3 aliphatic heterocycles. The third-order valence-corrected chi connectivity index (χ3v) is 9.65. The van der Waals surface area contributed by atoms with Crippen LogP contribution < -0.4 is 0 Å². The van der Waals surface area contributed by atoms with Gasteiger partial charge in [-0.05, 0) is 74.5 Å². The summed E-state index contributed by atoms with van der Waals surface area (Å²) in [5.41, 5.74) is 1.18. The largest absolute Gasteiger partial charge is 0.458 e. The maximum Gasteiger partial charge on any atom is 0.336 e. The summed E-state index contributed by atoms with van der Waals surface area (Å²) >= 11 is 0. The van der Waals surface area contributed by atoms with Crippen LogP contribution in [0.4, 0.5) is 4.39 Å². The Morgan fingerprint density at radius 1 is 1.06 bits per heavy atom. The second-order valence-electron chi connectivity index (χ2n) is 11.4. The van der Waals surface area contributed by atoms with Gasteiger partial charge in [-0.1, -0.05) is 26.0 Å². The topological polar surface area (TPSA) is 54.0 Å². The van der Waals surface area contributed by atoms with Gasteiger partial charge in [0.15, 0.2) is 6.29 Å². The highest BCUT2D eigenvalue weighted by molar-refractivity contribution is 5.91. The molecule has 0 spiro atoms. The van der Waals surface area contributed by atoms with E-state index in [1.807, 2.05) is 12.1 Å². The molecule has 178 valence electrons. The molecule has 3 heterocycles. The third kappa shape index (κ3) is 3.17. The first-order valence-corrected chi connectivity index (χ1v) is 12.3. The van der Waals surface area contributed by atoms with Crippen molar-refractivity contribution in [2.24, 2.45) is 22.7 Å². The fraction of sp³-hybridized carbons (Fsp3) is 0.667. The quantitative estimate of drug-likeness (QED) is 0.580. The molecule has 5 nitrogen and oxygen atoms in total. The van der Waals surface area contributed by atoms with Crippen molar-refractivity contribution in [2.45, 2.75) is 77.0 Å². The van der Waals surface area contributed by atoms with Gasteiger partial charge in [0.1, 0.15) is 12.4 Å². The van der Waals surface area contributed by atoms with Gasteiger partial charge in [-0.3, -0.25) is 0 Å². The van der Waals surface area contributed by atoms with Crippen LogP contribution >= 0.6 is 0 Å². The van der Waals surface area contributed by atoms with Crippen molar-refractivity contribution in [2.75, 3.05) is 13.2 Å². The van der Waals surface area contributed by atoms with Gasteiger partial charge in [0, 0.05) is 11.0 Å². The van der Waals surface area contributed by atoms with E-state index in [1.54, 1.807) is 6.07 Å². The molecule has 8 atom stereocenters. The average Bonchev–Trinajstić information content (AvgIpc) is 3.36. The lowest BCUT2D eigenvalue weighted by Crippen LogP contribution is -2.63. The molecule has 0 aromatic heterocycles. The smallest absolute Gasteiger partial charge is 0.336 e. The second-order valence-corrected chi connectivity index (χ2v) is 11.4. The van der Waals surface area contributed by atoms with E-state index in [0.717, 1.165) is 37.7 Å².